The van der Waals surface area contributed by atoms with E-state index in [1.807, 2.05) is 24.3 Å². The molecule has 0 aliphatic carbocycles. The van der Waals surface area contributed by atoms with Gasteiger partial charge in [-0.1, -0.05) is 19.1 Å². The Morgan fingerprint density at radius 3 is 3.00 bits per heavy atom. The van der Waals surface area contributed by atoms with Crippen LogP contribution in [0, 0.1) is 0 Å². The Morgan fingerprint density at radius 1 is 1.32 bits per heavy atom. The molecule has 1 unspecified atom stereocenters. The molecular weight excluding hydrogens is 282 g/mol. The second-order valence-electron chi connectivity index (χ2n) is 5.31. The number of aromatic nitrogens is 2. The van der Waals surface area contributed by atoms with E-state index in [4.69, 9.17) is 13.9 Å². The average molecular weight is 303 g/mol. The number of methoxy groups -OCH3 is 1. The lowest BCUT2D eigenvalue weighted by atomic mass is 10.2. The second-order valence-corrected chi connectivity index (χ2v) is 5.31. The minimum atomic E-state index is 0.412. The SMILES string of the molecule is CCC1COCCN1Cc1nnc(-c2ccccc2OC)o1. The van der Waals surface area contributed by atoms with Crippen LogP contribution >= 0.6 is 0 Å². The summed E-state index contributed by atoms with van der Waals surface area (Å²) in [5, 5.41) is 8.33. The van der Waals surface area contributed by atoms with Crippen LogP contribution < -0.4 is 4.74 Å². The molecule has 0 bridgehead atoms. The zero-order valence-corrected chi connectivity index (χ0v) is 13.0. The average Bonchev–Trinajstić information content (AvgIpc) is 3.03. The molecule has 1 aliphatic heterocycles. The van der Waals surface area contributed by atoms with E-state index in [0.717, 1.165) is 37.5 Å². The van der Waals surface area contributed by atoms with Gasteiger partial charge in [0.1, 0.15) is 5.75 Å². The van der Waals surface area contributed by atoms with E-state index < -0.39 is 0 Å². The molecule has 2 aromatic rings. The van der Waals surface area contributed by atoms with Gasteiger partial charge in [-0.25, -0.2) is 0 Å². The van der Waals surface area contributed by atoms with Gasteiger partial charge in [-0.05, 0) is 18.6 Å². The lowest BCUT2D eigenvalue weighted by Crippen LogP contribution is -2.44. The van der Waals surface area contributed by atoms with Gasteiger partial charge in [-0.2, -0.15) is 0 Å². The highest BCUT2D eigenvalue weighted by molar-refractivity contribution is 5.62. The van der Waals surface area contributed by atoms with Gasteiger partial charge >= 0.3 is 0 Å². The molecule has 1 saturated heterocycles. The topological polar surface area (TPSA) is 60.6 Å². The molecule has 0 saturated carbocycles. The van der Waals surface area contributed by atoms with Crippen LogP contribution in [0.5, 0.6) is 5.75 Å². The first-order valence-corrected chi connectivity index (χ1v) is 7.59. The monoisotopic (exact) mass is 303 g/mol. The molecule has 0 radical (unpaired) electrons. The van der Waals surface area contributed by atoms with E-state index in [1.165, 1.54) is 0 Å². The molecule has 6 nitrogen and oxygen atoms in total. The molecule has 118 valence electrons. The van der Waals surface area contributed by atoms with Crippen LogP contribution in [0.1, 0.15) is 19.2 Å². The summed E-state index contributed by atoms with van der Waals surface area (Å²) in [7, 11) is 1.63. The maximum absolute atomic E-state index is 5.82. The number of hydrogen-bond donors (Lipinski definition) is 0. The number of para-hydroxylation sites is 1. The molecule has 3 rings (SSSR count). The van der Waals surface area contributed by atoms with E-state index in [1.54, 1.807) is 7.11 Å². The van der Waals surface area contributed by atoms with Gasteiger partial charge in [0.25, 0.3) is 5.89 Å². The summed E-state index contributed by atoms with van der Waals surface area (Å²) in [5.41, 5.74) is 0.817. The summed E-state index contributed by atoms with van der Waals surface area (Å²) in [6.07, 6.45) is 1.05. The fraction of sp³-hybridized carbons (Fsp3) is 0.500. The third-order valence-corrected chi connectivity index (χ3v) is 3.96. The summed E-state index contributed by atoms with van der Waals surface area (Å²) < 4.78 is 16.7. The van der Waals surface area contributed by atoms with E-state index >= 15 is 0 Å². The van der Waals surface area contributed by atoms with Crippen molar-refractivity contribution in [3.8, 4) is 17.2 Å². The van der Waals surface area contributed by atoms with Crippen LogP contribution in [0.4, 0.5) is 0 Å². The van der Waals surface area contributed by atoms with Crippen LogP contribution in [0.15, 0.2) is 28.7 Å². The second kappa shape index (κ2) is 6.89. The van der Waals surface area contributed by atoms with Gasteiger partial charge in [-0.15, -0.1) is 10.2 Å². The maximum Gasteiger partial charge on any atom is 0.251 e. The molecule has 1 fully saturated rings. The van der Waals surface area contributed by atoms with E-state index in [9.17, 15) is 0 Å². The number of ether oxygens (including phenoxy) is 2. The van der Waals surface area contributed by atoms with Crippen molar-refractivity contribution < 1.29 is 13.9 Å². The van der Waals surface area contributed by atoms with Crippen LogP contribution in [0.3, 0.4) is 0 Å². The first-order valence-electron chi connectivity index (χ1n) is 7.59. The first-order chi connectivity index (χ1) is 10.8. The predicted octanol–water partition coefficient (Wildman–Crippen LogP) is 2.36. The van der Waals surface area contributed by atoms with Crippen LogP contribution in [0.25, 0.3) is 11.5 Å². The largest absolute Gasteiger partial charge is 0.496 e. The molecule has 1 aromatic heterocycles. The summed E-state index contributed by atoms with van der Waals surface area (Å²) in [6.45, 7) is 5.24. The Hall–Kier alpha value is -1.92. The van der Waals surface area contributed by atoms with Crippen molar-refractivity contribution in [2.75, 3.05) is 26.9 Å². The molecule has 2 heterocycles. The molecule has 0 amide bonds. The van der Waals surface area contributed by atoms with Crippen LogP contribution in [-0.4, -0.2) is 48.0 Å². The van der Waals surface area contributed by atoms with Crippen molar-refractivity contribution in [2.24, 2.45) is 0 Å². The first kappa shape index (κ1) is 15.0. The predicted molar refractivity (Wildman–Crippen MR) is 81.6 cm³/mol. The van der Waals surface area contributed by atoms with Crippen molar-refractivity contribution in [2.45, 2.75) is 25.9 Å². The number of nitrogens with zero attached hydrogens (tertiary/aromatic N) is 3. The van der Waals surface area contributed by atoms with Gasteiger partial charge < -0.3 is 13.9 Å². The van der Waals surface area contributed by atoms with E-state index in [-0.39, 0.29) is 0 Å². The third-order valence-electron chi connectivity index (χ3n) is 3.96. The number of hydrogen-bond acceptors (Lipinski definition) is 6. The summed E-state index contributed by atoms with van der Waals surface area (Å²) in [6, 6.07) is 8.06. The summed E-state index contributed by atoms with van der Waals surface area (Å²) in [5.74, 6) is 1.85. The van der Waals surface area contributed by atoms with Gasteiger partial charge in [0, 0.05) is 12.6 Å². The Labute approximate surface area is 130 Å². The molecule has 0 N–H and O–H groups in total. The van der Waals surface area contributed by atoms with Gasteiger partial charge in [-0.3, -0.25) is 4.90 Å². The lowest BCUT2D eigenvalue weighted by Gasteiger charge is -2.33. The number of benzene rings is 1. The fourth-order valence-electron chi connectivity index (χ4n) is 2.69. The molecule has 1 aliphatic rings. The van der Waals surface area contributed by atoms with E-state index in [0.29, 0.717) is 24.4 Å². The highest BCUT2D eigenvalue weighted by Crippen LogP contribution is 2.28. The Bertz CT molecular complexity index is 614. The van der Waals surface area contributed by atoms with Gasteiger partial charge in [0.15, 0.2) is 0 Å². The normalized spacial score (nSPS) is 19.3. The lowest BCUT2D eigenvalue weighted by molar-refractivity contribution is -0.0160. The Morgan fingerprint density at radius 2 is 2.18 bits per heavy atom. The van der Waals surface area contributed by atoms with Gasteiger partial charge in [0.05, 0.1) is 32.4 Å². The number of morpholine rings is 1. The smallest absolute Gasteiger partial charge is 0.251 e. The quantitative estimate of drug-likeness (QED) is 0.845. The molecule has 1 aromatic carbocycles. The summed E-state index contributed by atoms with van der Waals surface area (Å²) >= 11 is 0. The standard InChI is InChI=1S/C16H21N3O3/c1-3-12-11-21-9-8-19(12)10-15-17-18-16(22-15)13-6-4-5-7-14(13)20-2/h4-7,12H,3,8-11H2,1-2H3. The Kier molecular flexibility index (Phi) is 4.70. The molecule has 1 atom stereocenters. The van der Waals surface area contributed by atoms with Crippen molar-refractivity contribution in [3.05, 3.63) is 30.2 Å². The fourth-order valence-corrected chi connectivity index (χ4v) is 2.69. The molecular formula is C16H21N3O3. The van der Waals surface area contributed by atoms with Crippen LogP contribution in [-0.2, 0) is 11.3 Å². The molecule has 0 spiro atoms. The zero-order valence-electron chi connectivity index (χ0n) is 13.0. The van der Waals surface area contributed by atoms with Crippen molar-refractivity contribution in [1.29, 1.82) is 0 Å². The van der Waals surface area contributed by atoms with Crippen molar-refractivity contribution in [1.82, 2.24) is 15.1 Å². The molecule has 22 heavy (non-hydrogen) atoms. The number of rotatable bonds is 5. The Balaban J connectivity index is 1.76. The summed E-state index contributed by atoms with van der Waals surface area (Å²) in [4.78, 5) is 2.34. The van der Waals surface area contributed by atoms with E-state index in [2.05, 4.69) is 22.0 Å². The highest BCUT2D eigenvalue weighted by atomic mass is 16.5. The highest BCUT2D eigenvalue weighted by Gasteiger charge is 2.23. The molecule has 6 heteroatoms. The van der Waals surface area contributed by atoms with Crippen molar-refractivity contribution >= 4 is 0 Å². The maximum atomic E-state index is 5.82. The minimum Gasteiger partial charge on any atom is -0.496 e. The van der Waals surface area contributed by atoms with Gasteiger partial charge in [0.2, 0.25) is 5.89 Å². The third kappa shape index (κ3) is 3.13. The minimum absolute atomic E-state index is 0.412. The van der Waals surface area contributed by atoms with Crippen LogP contribution in [0.2, 0.25) is 0 Å². The van der Waals surface area contributed by atoms with Crippen molar-refractivity contribution in [3.63, 3.8) is 0 Å². The zero-order chi connectivity index (χ0) is 15.4.